The standard InChI is InChI=1S/C11H16OS/c1-13-10-6-5-9-12-11-7-3-2-4-8-11/h2-4,7-8H,5-6,9-10H2,1H3. The van der Waals surface area contributed by atoms with Crippen molar-refractivity contribution in [2.75, 3.05) is 18.6 Å². The molecule has 0 fully saturated rings. The SMILES string of the molecule is CSCCCCOc1ccccc1. The van der Waals surface area contributed by atoms with Crippen LogP contribution in [-0.4, -0.2) is 18.6 Å². The number of para-hydroxylation sites is 1. The minimum Gasteiger partial charge on any atom is -0.494 e. The molecule has 0 aromatic heterocycles. The van der Waals surface area contributed by atoms with Gasteiger partial charge in [-0.25, -0.2) is 0 Å². The van der Waals surface area contributed by atoms with Crippen LogP contribution in [-0.2, 0) is 0 Å². The monoisotopic (exact) mass is 196 g/mol. The molecule has 0 saturated heterocycles. The van der Waals surface area contributed by atoms with Gasteiger partial charge in [-0.15, -0.1) is 0 Å². The molecule has 72 valence electrons. The van der Waals surface area contributed by atoms with E-state index in [2.05, 4.69) is 6.26 Å². The van der Waals surface area contributed by atoms with Gasteiger partial charge in [-0.3, -0.25) is 0 Å². The maximum Gasteiger partial charge on any atom is 0.119 e. The van der Waals surface area contributed by atoms with Crippen molar-refractivity contribution in [1.29, 1.82) is 0 Å². The van der Waals surface area contributed by atoms with Gasteiger partial charge in [0.2, 0.25) is 0 Å². The van der Waals surface area contributed by atoms with E-state index in [4.69, 9.17) is 4.74 Å². The van der Waals surface area contributed by atoms with Crippen LogP contribution < -0.4 is 4.74 Å². The minimum absolute atomic E-state index is 0.838. The first-order valence-electron chi connectivity index (χ1n) is 4.60. The van der Waals surface area contributed by atoms with Crippen molar-refractivity contribution >= 4 is 11.8 Å². The summed E-state index contributed by atoms with van der Waals surface area (Å²) in [6, 6.07) is 9.98. The quantitative estimate of drug-likeness (QED) is 0.646. The van der Waals surface area contributed by atoms with E-state index in [-0.39, 0.29) is 0 Å². The molecule has 0 N–H and O–H groups in total. The first kappa shape index (κ1) is 10.5. The highest BCUT2D eigenvalue weighted by molar-refractivity contribution is 7.98. The predicted molar refractivity (Wildman–Crippen MR) is 59.6 cm³/mol. The van der Waals surface area contributed by atoms with Gasteiger partial charge in [0.25, 0.3) is 0 Å². The Labute approximate surface area is 84.5 Å². The molecule has 1 aromatic rings. The Kier molecular flexibility index (Phi) is 5.50. The zero-order valence-electron chi connectivity index (χ0n) is 8.03. The van der Waals surface area contributed by atoms with E-state index in [0.29, 0.717) is 0 Å². The third kappa shape index (κ3) is 4.83. The highest BCUT2D eigenvalue weighted by Crippen LogP contribution is 2.09. The third-order valence-corrected chi connectivity index (χ3v) is 2.45. The molecule has 0 radical (unpaired) electrons. The summed E-state index contributed by atoms with van der Waals surface area (Å²) in [4.78, 5) is 0. The molecule has 1 rings (SSSR count). The van der Waals surface area contributed by atoms with Gasteiger partial charge in [0.15, 0.2) is 0 Å². The van der Waals surface area contributed by atoms with Crippen LogP contribution >= 0.6 is 11.8 Å². The van der Waals surface area contributed by atoms with Gasteiger partial charge in [-0.2, -0.15) is 11.8 Å². The van der Waals surface area contributed by atoms with Crippen molar-refractivity contribution in [3.05, 3.63) is 30.3 Å². The Balaban J connectivity index is 2.07. The number of ether oxygens (including phenoxy) is 1. The molecular weight excluding hydrogens is 180 g/mol. The number of rotatable bonds is 6. The molecule has 0 aliphatic rings. The van der Waals surface area contributed by atoms with Crippen molar-refractivity contribution in [2.24, 2.45) is 0 Å². The largest absolute Gasteiger partial charge is 0.494 e. The molecule has 0 saturated carbocycles. The number of benzene rings is 1. The molecule has 2 heteroatoms. The van der Waals surface area contributed by atoms with Crippen molar-refractivity contribution in [3.8, 4) is 5.75 Å². The van der Waals surface area contributed by atoms with E-state index in [1.807, 2.05) is 42.1 Å². The molecule has 1 aromatic carbocycles. The summed E-state index contributed by atoms with van der Waals surface area (Å²) in [6.45, 7) is 0.838. The molecule has 13 heavy (non-hydrogen) atoms. The maximum atomic E-state index is 5.54. The summed E-state index contributed by atoms with van der Waals surface area (Å²) in [5.74, 6) is 2.21. The Morgan fingerprint density at radius 2 is 1.92 bits per heavy atom. The van der Waals surface area contributed by atoms with E-state index >= 15 is 0 Å². The average Bonchev–Trinajstić information content (AvgIpc) is 2.19. The van der Waals surface area contributed by atoms with Gasteiger partial charge in [0.05, 0.1) is 6.61 Å². The average molecular weight is 196 g/mol. The van der Waals surface area contributed by atoms with Crippen LogP contribution in [0.2, 0.25) is 0 Å². The van der Waals surface area contributed by atoms with Crippen LogP contribution in [0.25, 0.3) is 0 Å². The van der Waals surface area contributed by atoms with Gasteiger partial charge in [-0.1, -0.05) is 18.2 Å². The number of thioether (sulfide) groups is 1. The summed E-state index contributed by atoms with van der Waals surface area (Å²) in [6.07, 6.45) is 4.53. The second kappa shape index (κ2) is 6.84. The lowest BCUT2D eigenvalue weighted by Crippen LogP contribution is -1.97. The lowest BCUT2D eigenvalue weighted by atomic mass is 10.3. The molecule has 0 atom stereocenters. The molecule has 0 aliphatic heterocycles. The number of hydrogen-bond acceptors (Lipinski definition) is 2. The highest BCUT2D eigenvalue weighted by Gasteiger charge is 1.91. The lowest BCUT2D eigenvalue weighted by molar-refractivity contribution is 0.310. The molecular formula is C11H16OS. The van der Waals surface area contributed by atoms with Crippen LogP contribution in [0.3, 0.4) is 0 Å². The Bertz CT molecular complexity index is 211. The van der Waals surface area contributed by atoms with E-state index in [0.717, 1.165) is 18.8 Å². The predicted octanol–water partition coefficient (Wildman–Crippen LogP) is 3.21. The van der Waals surface area contributed by atoms with Crippen molar-refractivity contribution in [2.45, 2.75) is 12.8 Å². The van der Waals surface area contributed by atoms with E-state index in [1.165, 1.54) is 12.2 Å². The molecule has 0 heterocycles. The van der Waals surface area contributed by atoms with Crippen LogP contribution in [0, 0.1) is 0 Å². The fraction of sp³-hybridized carbons (Fsp3) is 0.455. The summed E-state index contributed by atoms with van der Waals surface area (Å²) in [7, 11) is 0. The topological polar surface area (TPSA) is 9.23 Å². The second-order valence-electron chi connectivity index (χ2n) is 2.86. The first-order chi connectivity index (χ1) is 6.43. The molecule has 0 amide bonds. The highest BCUT2D eigenvalue weighted by atomic mass is 32.2. The van der Waals surface area contributed by atoms with Crippen LogP contribution in [0.5, 0.6) is 5.75 Å². The van der Waals surface area contributed by atoms with Crippen LogP contribution in [0.1, 0.15) is 12.8 Å². The van der Waals surface area contributed by atoms with E-state index in [1.54, 1.807) is 0 Å². The van der Waals surface area contributed by atoms with Crippen molar-refractivity contribution < 1.29 is 4.74 Å². The first-order valence-corrected chi connectivity index (χ1v) is 5.99. The number of unbranched alkanes of at least 4 members (excludes halogenated alkanes) is 1. The van der Waals surface area contributed by atoms with Gasteiger partial charge in [-0.05, 0) is 37.0 Å². The smallest absolute Gasteiger partial charge is 0.119 e. The fourth-order valence-electron chi connectivity index (χ4n) is 1.06. The minimum atomic E-state index is 0.838. The van der Waals surface area contributed by atoms with Gasteiger partial charge in [0, 0.05) is 0 Å². The molecule has 0 spiro atoms. The van der Waals surface area contributed by atoms with E-state index in [9.17, 15) is 0 Å². The van der Waals surface area contributed by atoms with E-state index < -0.39 is 0 Å². The second-order valence-corrected chi connectivity index (χ2v) is 3.85. The molecule has 0 aliphatic carbocycles. The van der Waals surface area contributed by atoms with Gasteiger partial charge in [0.1, 0.15) is 5.75 Å². The normalized spacial score (nSPS) is 9.92. The number of hydrogen-bond donors (Lipinski definition) is 0. The Morgan fingerprint density at radius 3 is 2.62 bits per heavy atom. The van der Waals surface area contributed by atoms with Crippen LogP contribution in [0.4, 0.5) is 0 Å². The zero-order valence-corrected chi connectivity index (χ0v) is 8.85. The van der Waals surface area contributed by atoms with Crippen molar-refractivity contribution in [3.63, 3.8) is 0 Å². The Hall–Kier alpha value is -0.630. The fourth-order valence-corrected chi connectivity index (χ4v) is 1.55. The Morgan fingerprint density at radius 1 is 1.15 bits per heavy atom. The summed E-state index contributed by atoms with van der Waals surface area (Å²) >= 11 is 1.89. The van der Waals surface area contributed by atoms with Crippen LogP contribution in [0.15, 0.2) is 30.3 Å². The summed E-state index contributed by atoms with van der Waals surface area (Å²) in [5.41, 5.74) is 0. The third-order valence-electron chi connectivity index (χ3n) is 1.75. The van der Waals surface area contributed by atoms with Crippen molar-refractivity contribution in [1.82, 2.24) is 0 Å². The molecule has 1 nitrogen and oxygen atoms in total. The molecule has 0 unspecified atom stereocenters. The summed E-state index contributed by atoms with van der Waals surface area (Å²) < 4.78 is 5.54. The van der Waals surface area contributed by atoms with Gasteiger partial charge >= 0.3 is 0 Å². The van der Waals surface area contributed by atoms with Gasteiger partial charge < -0.3 is 4.74 Å². The molecule has 0 bridgehead atoms. The summed E-state index contributed by atoms with van der Waals surface area (Å²) in [5, 5.41) is 0. The lowest BCUT2D eigenvalue weighted by Gasteiger charge is -2.04. The zero-order chi connectivity index (χ0) is 9.36. The maximum absolute atomic E-state index is 5.54.